The van der Waals surface area contributed by atoms with Gasteiger partial charge in [0.15, 0.2) is 11.6 Å². The molecule has 7 heteroatoms. The van der Waals surface area contributed by atoms with E-state index in [-0.39, 0.29) is 5.75 Å². The minimum absolute atomic E-state index is 0.380. The molecule has 2 N–H and O–H groups in total. The molecule has 0 aliphatic carbocycles. The lowest BCUT2D eigenvalue weighted by molar-refractivity contribution is 0.380. The number of rotatable bonds is 2. The van der Waals surface area contributed by atoms with Crippen LogP contribution in [0.2, 0.25) is 0 Å². The van der Waals surface area contributed by atoms with Crippen LogP contribution in [0.25, 0.3) is 0 Å². The third-order valence-electron chi connectivity index (χ3n) is 1.51. The van der Waals surface area contributed by atoms with E-state index in [1.807, 2.05) is 0 Å². The fraction of sp³-hybridized carbons (Fsp3) is 0.143. The average Bonchev–Trinajstić information content (AvgIpc) is 2.06. The topological polar surface area (TPSA) is 69.4 Å². The Morgan fingerprint density at radius 3 is 2.29 bits per heavy atom. The molecule has 0 heterocycles. The Hall–Kier alpha value is -1.21. The van der Waals surface area contributed by atoms with Crippen molar-refractivity contribution >= 4 is 10.0 Å². The fourth-order valence-electron chi connectivity index (χ4n) is 0.885. The first-order valence-corrected chi connectivity index (χ1v) is 4.96. The summed E-state index contributed by atoms with van der Waals surface area (Å²) in [7, 11) is -3.12. The predicted octanol–water partition coefficient (Wildman–Crippen LogP) is 0.621. The third-order valence-corrected chi connectivity index (χ3v) is 2.44. The molecule has 0 aromatic heterocycles. The van der Waals surface area contributed by atoms with Crippen molar-refractivity contribution in [2.75, 3.05) is 7.11 Å². The van der Waals surface area contributed by atoms with Crippen LogP contribution >= 0.6 is 0 Å². The number of ether oxygens (including phenoxy) is 1. The van der Waals surface area contributed by atoms with Crippen molar-refractivity contribution in [2.24, 2.45) is 5.14 Å². The van der Waals surface area contributed by atoms with Gasteiger partial charge in [-0.15, -0.1) is 0 Å². The Kier molecular flexibility index (Phi) is 2.72. The summed E-state index contributed by atoms with van der Waals surface area (Å²) < 4.78 is 51.9. The van der Waals surface area contributed by atoms with Gasteiger partial charge in [0.25, 0.3) is 0 Å². The number of benzene rings is 1. The first kappa shape index (κ1) is 10.9. The summed E-state index contributed by atoms with van der Waals surface area (Å²) in [6.07, 6.45) is 0. The molecule has 0 saturated heterocycles. The quantitative estimate of drug-likeness (QED) is 0.799. The Morgan fingerprint density at radius 1 is 1.29 bits per heavy atom. The SMILES string of the molecule is COc1cc(F)c(S(N)(=O)=O)cc1F. The molecule has 0 unspecified atom stereocenters. The summed E-state index contributed by atoms with van der Waals surface area (Å²) in [6.45, 7) is 0. The summed E-state index contributed by atoms with van der Waals surface area (Å²) >= 11 is 0. The summed E-state index contributed by atoms with van der Waals surface area (Å²) in [5, 5.41) is 4.64. The van der Waals surface area contributed by atoms with Crippen LogP contribution < -0.4 is 9.88 Å². The normalized spacial score (nSPS) is 11.4. The lowest BCUT2D eigenvalue weighted by Gasteiger charge is -2.04. The van der Waals surface area contributed by atoms with E-state index in [4.69, 9.17) is 0 Å². The maximum Gasteiger partial charge on any atom is 0.241 e. The van der Waals surface area contributed by atoms with E-state index in [1.54, 1.807) is 0 Å². The molecular formula is C7H7F2NO3S. The van der Waals surface area contributed by atoms with E-state index in [0.29, 0.717) is 12.1 Å². The Balaban J connectivity index is 3.44. The van der Waals surface area contributed by atoms with Crippen LogP contribution in [0.15, 0.2) is 17.0 Å². The summed E-state index contributed by atoms with van der Waals surface area (Å²) in [4.78, 5) is -0.893. The van der Waals surface area contributed by atoms with Crippen LogP contribution in [-0.2, 0) is 10.0 Å². The third kappa shape index (κ3) is 1.99. The molecule has 0 fully saturated rings. The van der Waals surface area contributed by atoms with Crippen LogP contribution in [-0.4, -0.2) is 15.5 Å². The van der Waals surface area contributed by atoms with E-state index < -0.39 is 26.6 Å². The van der Waals surface area contributed by atoms with Crippen molar-refractivity contribution < 1.29 is 21.9 Å². The van der Waals surface area contributed by atoms with Crippen molar-refractivity contribution in [3.05, 3.63) is 23.8 Å². The van der Waals surface area contributed by atoms with Gasteiger partial charge in [-0.3, -0.25) is 0 Å². The van der Waals surface area contributed by atoms with Crippen LogP contribution in [0, 0.1) is 11.6 Å². The van der Waals surface area contributed by atoms with Crippen molar-refractivity contribution in [1.82, 2.24) is 0 Å². The highest BCUT2D eigenvalue weighted by Crippen LogP contribution is 2.23. The Morgan fingerprint density at radius 2 is 1.86 bits per heavy atom. The van der Waals surface area contributed by atoms with E-state index >= 15 is 0 Å². The number of hydrogen-bond acceptors (Lipinski definition) is 3. The molecule has 0 saturated carbocycles. The maximum absolute atomic E-state index is 13.0. The largest absolute Gasteiger partial charge is 0.494 e. The average molecular weight is 223 g/mol. The molecule has 1 aromatic carbocycles. The molecule has 0 bridgehead atoms. The van der Waals surface area contributed by atoms with Gasteiger partial charge in [-0.2, -0.15) is 0 Å². The van der Waals surface area contributed by atoms with Gasteiger partial charge in [0, 0.05) is 12.1 Å². The van der Waals surface area contributed by atoms with E-state index in [0.717, 1.165) is 7.11 Å². The number of primary sulfonamides is 1. The van der Waals surface area contributed by atoms with Crippen LogP contribution in [0.5, 0.6) is 5.75 Å². The number of nitrogens with two attached hydrogens (primary N) is 1. The number of methoxy groups -OCH3 is 1. The van der Waals surface area contributed by atoms with Crippen molar-refractivity contribution in [3.8, 4) is 5.75 Å². The van der Waals surface area contributed by atoms with Crippen molar-refractivity contribution in [3.63, 3.8) is 0 Å². The fourth-order valence-corrected chi connectivity index (χ4v) is 1.48. The second kappa shape index (κ2) is 3.50. The minimum atomic E-state index is -4.25. The monoisotopic (exact) mass is 223 g/mol. The van der Waals surface area contributed by atoms with E-state index in [1.165, 1.54) is 0 Å². The van der Waals surface area contributed by atoms with Gasteiger partial charge in [-0.1, -0.05) is 0 Å². The highest BCUT2D eigenvalue weighted by molar-refractivity contribution is 7.89. The molecule has 0 radical (unpaired) electrons. The Labute approximate surface area is 79.3 Å². The lowest BCUT2D eigenvalue weighted by Crippen LogP contribution is -2.14. The highest BCUT2D eigenvalue weighted by Gasteiger charge is 2.18. The van der Waals surface area contributed by atoms with Gasteiger partial charge in [0.2, 0.25) is 10.0 Å². The Bertz CT molecular complexity index is 458. The molecule has 14 heavy (non-hydrogen) atoms. The predicted molar refractivity (Wildman–Crippen MR) is 44.3 cm³/mol. The van der Waals surface area contributed by atoms with Crippen molar-refractivity contribution in [1.29, 1.82) is 0 Å². The van der Waals surface area contributed by atoms with Gasteiger partial charge in [-0.25, -0.2) is 22.3 Å². The first-order chi connectivity index (χ1) is 6.36. The van der Waals surface area contributed by atoms with Gasteiger partial charge >= 0.3 is 0 Å². The lowest BCUT2D eigenvalue weighted by atomic mass is 10.3. The molecule has 0 spiro atoms. The molecule has 1 rings (SSSR count). The molecular weight excluding hydrogens is 216 g/mol. The van der Waals surface area contributed by atoms with E-state index in [9.17, 15) is 17.2 Å². The van der Waals surface area contributed by atoms with Gasteiger partial charge < -0.3 is 4.74 Å². The number of sulfonamides is 1. The molecule has 4 nitrogen and oxygen atoms in total. The number of hydrogen-bond donors (Lipinski definition) is 1. The van der Waals surface area contributed by atoms with Gasteiger partial charge in [0.1, 0.15) is 10.7 Å². The summed E-state index contributed by atoms with van der Waals surface area (Å²) in [6, 6.07) is 1.10. The highest BCUT2D eigenvalue weighted by atomic mass is 32.2. The zero-order valence-corrected chi connectivity index (χ0v) is 7.94. The molecule has 1 aromatic rings. The van der Waals surface area contributed by atoms with Gasteiger partial charge in [0.05, 0.1) is 7.11 Å². The zero-order valence-electron chi connectivity index (χ0n) is 7.12. The number of halogens is 2. The molecule has 0 atom stereocenters. The molecule has 0 aliphatic rings. The van der Waals surface area contributed by atoms with Crippen LogP contribution in [0.3, 0.4) is 0 Å². The van der Waals surface area contributed by atoms with E-state index in [2.05, 4.69) is 9.88 Å². The molecule has 0 amide bonds. The van der Waals surface area contributed by atoms with Crippen LogP contribution in [0.4, 0.5) is 8.78 Å². The smallest absolute Gasteiger partial charge is 0.241 e. The van der Waals surface area contributed by atoms with Crippen molar-refractivity contribution in [2.45, 2.75) is 4.90 Å². The summed E-state index contributed by atoms with van der Waals surface area (Å²) in [5.41, 5.74) is 0. The zero-order chi connectivity index (χ0) is 10.9. The minimum Gasteiger partial charge on any atom is -0.494 e. The van der Waals surface area contributed by atoms with Gasteiger partial charge in [-0.05, 0) is 0 Å². The summed E-state index contributed by atoms with van der Waals surface area (Å²) in [5.74, 6) is -2.52. The van der Waals surface area contributed by atoms with Crippen LogP contribution in [0.1, 0.15) is 0 Å². The molecule has 78 valence electrons. The first-order valence-electron chi connectivity index (χ1n) is 3.42. The maximum atomic E-state index is 13.0. The second-order valence-electron chi connectivity index (χ2n) is 2.46. The molecule has 0 aliphatic heterocycles. The standard InChI is InChI=1S/C7H7F2NO3S/c1-13-6-2-5(9)7(3-4(6)8)14(10,11)12/h2-3H,1H3,(H2,10,11,12). The second-order valence-corrected chi connectivity index (χ2v) is 3.99.